The van der Waals surface area contributed by atoms with Gasteiger partial charge in [0.1, 0.15) is 0 Å². The minimum Gasteiger partial charge on any atom is -0.237 e. The zero-order chi connectivity index (χ0) is 23.6. The third-order valence-electron chi connectivity index (χ3n) is 4.66. The van der Waals surface area contributed by atoms with E-state index in [4.69, 9.17) is 23.2 Å². The Hall–Kier alpha value is -2.59. The molecule has 4 rings (SSSR count). The summed E-state index contributed by atoms with van der Waals surface area (Å²) in [5, 5.41) is 15.8. The van der Waals surface area contributed by atoms with E-state index in [0.29, 0.717) is 20.6 Å². The van der Waals surface area contributed by atoms with Gasteiger partial charge < -0.3 is 0 Å². The van der Waals surface area contributed by atoms with E-state index < -0.39 is 9.84 Å². The highest BCUT2D eigenvalue weighted by molar-refractivity contribution is 7.90. The van der Waals surface area contributed by atoms with Crippen LogP contribution in [-0.4, -0.2) is 34.5 Å². The van der Waals surface area contributed by atoms with Gasteiger partial charge in [-0.2, -0.15) is 9.78 Å². The van der Waals surface area contributed by atoms with Crippen molar-refractivity contribution in [3.8, 4) is 10.8 Å². The van der Waals surface area contributed by atoms with Crippen LogP contribution in [0.2, 0.25) is 10.0 Å². The summed E-state index contributed by atoms with van der Waals surface area (Å²) in [5.74, 6) is 0.206. The molecule has 11 heteroatoms. The second kappa shape index (κ2) is 9.72. The number of sulfone groups is 1. The Morgan fingerprint density at radius 3 is 2.27 bits per heavy atom. The van der Waals surface area contributed by atoms with Gasteiger partial charge in [-0.1, -0.05) is 61.3 Å². The Kier molecular flexibility index (Phi) is 6.94. The molecule has 2 aromatic carbocycles. The van der Waals surface area contributed by atoms with Gasteiger partial charge in [0.05, 0.1) is 17.7 Å². The van der Waals surface area contributed by atoms with Gasteiger partial charge in [0.25, 0.3) is 5.16 Å². The van der Waals surface area contributed by atoms with Gasteiger partial charge >= 0.3 is 0 Å². The van der Waals surface area contributed by atoms with Crippen LogP contribution in [0.1, 0.15) is 36.6 Å². The van der Waals surface area contributed by atoms with E-state index >= 15 is 0 Å². The van der Waals surface area contributed by atoms with Gasteiger partial charge in [-0.15, -0.1) is 21.5 Å². The maximum Gasteiger partial charge on any atom is 0.271 e. The normalized spacial score (nSPS) is 12.2. The number of thiazole rings is 1. The first kappa shape index (κ1) is 23.6. The molecule has 2 heterocycles. The summed E-state index contributed by atoms with van der Waals surface area (Å²) in [5.41, 5.74) is 2.20. The third kappa shape index (κ3) is 5.50. The molecule has 0 unspecified atom stereocenters. The fourth-order valence-electron chi connectivity index (χ4n) is 2.89. The highest BCUT2D eigenvalue weighted by Gasteiger charge is 2.27. The van der Waals surface area contributed by atoms with Gasteiger partial charge in [0.15, 0.2) is 5.01 Å². The quantitative estimate of drug-likeness (QED) is 0.292. The van der Waals surface area contributed by atoms with Crippen molar-refractivity contribution in [1.82, 2.24) is 19.9 Å². The molecular formula is C22H19Cl2N5O2S2. The fourth-order valence-corrected chi connectivity index (χ4v) is 5.41. The molecule has 0 N–H and O–H groups in total. The molecule has 0 atom stereocenters. The lowest BCUT2D eigenvalue weighted by Crippen LogP contribution is -2.12. The number of hydrogen-bond donors (Lipinski definition) is 0. The van der Waals surface area contributed by atoms with E-state index in [9.17, 15) is 8.42 Å². The molecule has 0 aliphatic carbocycles. The standard InChI is InChI=1S/C22H19Cl2N5O2S2/c1-14(2)19-12-32-21(26-19)20-27-28-22(29(20)25-11-15-3-7-17(23)8-4-15)33(30,31)13-16-5-9-18(24)10-6-16/h3-12,14H,13H2,1-2H3/b25-11+. The maximum atomic E-state index is 13.3. The van der Waals surface area contributed by atoms with Crippen LogP contribution in [0.15, 0.2) is 64.2 Å². The number of rotatable bonds is 7. The second-order valence-electron chi connectivity index (χ2n) is 7.53. The molecule has 7 nitrogen and oxygen atoms in total. The van der Waals surface area contributed by atoms with Gasteiger partial charge in [0.2, 0.25) is 15.7 Å². The number of benzene rings is 2. The lowest BCUT2D eigenvalue weighted by molar-refractivity contribution is 0.576. The Balaban J connectivity index is 1.78. The third-order valence-corrected chi connectivity index (χ3v) is 7.54. The summed E-state index contributed by atoms with van der Waals surface area (Å²) in [4.78, 5) is 4.59. The summed E-state index contributed by atoms with van der Waals surface area (Å²) in [6.07, 6.45) is 1.53. The molecule has 4 aromatic rings. The minimum atomic E-state index is -3.88. The predicted molar refractivity (Wildman–Crippen MR) is 132 cm³/mol. The van der Waals surface area contributed by atoms with Crippen molar-refractivity contribution in [2.45, 2.75) is 30.7 Å². The van der Waals surface area contributed by atoms with Crippen LogP contribution >= 0.6 is 34.5 Å². The summed E-state index contributed by atoms with van der Waals surface area (Å²) in [6.45, 7) is 4.06. The van der Waals surface area contributed by atoms with E-state index in [-0.39, 0.29) is 22.7 Å². The van der Waals surface area contributed by atoms with Crippen molar-refractivity contribution in [2.24, 2.45) is 5.10 Å². The lowest BCUT2D eigenvalue weighted by atomic mass is 10.2. The van der Waals surface area contributed by atoms with E-state index in [0.717, 1.165) is 11.3 Å². The van der Waals surface area contributed by atoms with Gasteiger partial charge in [0, 0.05) is 15.4 Å². The summed E-state index contributed by atoms with van der Waals surface area (Å²) in [7, 11) is -3.88. The van der Waals surface area contributed by atoms with Crippen molar-refractivity contribution in [2.75, 3.05) is 0 Å². The summed E-state index contributed by atoms with van der Waals surface area (Å²) in [6, 6.07) is 13.6. The molecule has 0 aliphatic rings. The van der Waals surface area contributed by atoms with Gasteiger partial charge in [-0.05, 0) is 41.3 Å². The Bertz CT molecular complexity index is 1390. The van der Waals surface area contributed by atoms with Crippen LogP contribution in [0.4, 0.5) is 0 Å². The molecule has 2 aromatic heterocycles. The average Bonchev–Trinajstić information content (AvgIpc) is 3.42. The van der Waals surface area contributed by atoms with Crippen LogP contribution in [0, 0.1) is 0 Å². The topological polar surface area (TPSA) is 90.1 Å². The highest BCUT2D eigenvalue weighted by atomic mass is 35.5. The molecule has 0 bridgehead atoms. The Labute approximate surface area is 205 Å². The molecule has 0 amide bonds. The van der Waals surface area contributed by atoms with E-state index in [1.165, 1.54) is 22.2 Å². The fraction of sp³-hybridized carbons (Fsp3) is 0.182. The van der Waals surface area contributed by atoms with E-state index in [2.05, 4.69) is 20.3 Å². The lowest BCUT2D eigenvalue weighted by Gasteiger charge is -2.06. The number of aromatic nitrogens is 4. The first-order valence-electron chi connectivity index (χ1n) is 9.91. The average molecular weight is 520 g/mol. The highest BCUT2D eigenvalue weighted by Crippen LogP contribution is 2.28. The molecule has 0 saturated heterocycles. The minimum absolute atomic E-state index is 0.219. The van der Waals surface area contributed by atoms with Crippen molar-refractivity contribution < 1.29 is 8.42 Å². The van der Waals surface area contributed by atoms with Crippen molar-refractivity contribution >= 4 is 50.6 Å². The van der Waals surface area contributed by atoms with Crippen LogP contribution in [0.5, 0.6) is 0 Å². The maximum absolute atomic E-state index is 13.3. The SMILES string of the molecule is CC(C)c1csc(-c2nnc(S(=O)(=O)Cc3ccc(Cl)cc3)n2/N=C/c2ccc(Cl)cc2)n1. The number of nitrogens with zero attached hydrogens (tertiary/aromatic N) is 5. The second-order valence-corrected chi connectivity index (χ2v) is 11.1. The van der Waals surface area contributed by atoms with Crippen LogP contribution in [-0.2, 0) is 15.6 Å². The molecule has 0 saturated carbocycles. The van der Waals surface area contributed by atoms with E-state index in [1.54, 1.807) is 48.5 Å². The molecule has 0 fully saturated rings. The monoisotopic (exact) mass is 519 g/mol. The van der Waals surface area contributed by atoms with Gasteiger partial charge in [-0.3, -0.25) is 0 Å². The first-order valence-corrected chi connectivity index (χ1v) is 13.2. The summed E-state index contributed by atoms with van der Waals surface area (Å²) >= 11 is 13.2. The zero-order valence-corrected chi connectivity index (χ0v) is 20.8. The first-order chi connectivity index (χ1) is 15.7. The number of hydrogen-bond acceptors (Lipinski definition) is 7. The molecule has 0 spiro atoms. The van der Waals surface area contributed by atoms with Crippen molar-refractivity contribution in [3.63, 3.8) is 0 Å². The summed E-state index contributed by atoms with van der Waals surface area (Å²) < 4.78 is 27.7. The molecule has 33 heavy (non-hydrogen) atoms. The predicted octanol–water partition coefficient (Wildman–Crippen LogP) is 5.69. The van der Waals surface area contributed by atoms with E-state index in [1.807, 2.05) is 19.2 Å². The van der Waals surface area contributed by atoms with Crippen molar-refractivity contribution in [3.05, 3.63) is 80.8 Å². The van der Waals surface area contributed by atoms with Crippen LogP contribution in [0.3, 0.4) is 0 Å². The van der Waals surface area contributed by atoms with Crippen molar-refractivity contribution in [1.29, 1.82) is 0 Å². The van der Waals surface area contributed by atoms with Gasteiger partial charge in [-0.25, -0.2) is 13.4 Å². The Morgan fingerprint density at radius 1 is 1.03 bits per heavy atom. The number of halogens is 2. The smallest absolute Gasteiger partial charge is 0.237 e. The molecule has 0 aliphatic heterocycles. The molecule has 170 valence electrons. The Morgan fingerprint density at radius 2 is 1.67 bits per heavy atom. The largest absolute Gasteiger partial charge is 0.271 e. The zero-order valence-electron chi connectivity index (χ0n) is 17.7. The van der Waals surface area contributed by atoms with Crippen LogP contribution < -0.4 is 0 Å². The van der Waals surface area contributed by atoms with Crippen LogP contribution in [0.25, 0.3) is 10.8 Å². The molecule has 0 radical (unpaired) electrons. The molecular weight excluding hydrogens is 501 g/mol.